The largest absolute Gasteiger partial charge is 0.388 e. The first-order chi connectivity index (χ1) is 7.19. The van der Waals surface area contributed by atoms with Gasteiger partial charge < -0.3 is 10.2 Å². The highest BCUT2D eigenvalue weighted by Crippen LogP contribution is 2.13. The number of nitrogens with zero attached hydrogens (tertiary/aromatic N) is 1. The molecule has 1 N–H and O–H groups in total. The van der Waals surface area contributed by atoms with E-state index in [4.69, 9.17) is 0 Å². The van der Waals surface area contributed by atoms with E-state index in [1.807, 2.05) is 25.3 Å². The Morgan fingerprint density at radius 2 is 2.40 bits per heavy atom. The zero-order chi connectivity index (χ0) is 11.3. The SMILES string of the molecule is C=C/C(=C\C=C1/CC=CN(C)C1=O)NC. The Labute approximate surface area is 90.5 Å². The van der Waals surface area contributed by atoms with Gasteiger partial charge >= 0.3 is 0 Å². The first-order valence-electron chi connectivity index (χ1n) is 4.84. The highest BCUT2D eigenvalue weighted by molar-refractivity contribution is 5.95. The number of nitrogens with one attached hydrogen (secondary N) is 1. The Bertz CT molecular complexity index is 351. The van der Waals surface area contributed by atoms with Crippen molar-refractivity contribution in [2.45, 2.75) is 6.42 Å². The standard InChI is InChI=1S/C12H16N2O/c1-4-11(13-2)8-7-10-6-5-9-14(3)12(10)15/h4-5,7-9,13H,1,6H2,2-3H3/b10-7+,11-8+. The summed E-state index contributed by atoms with van der Waals surface area (Å²) in [4.78, 5) is 13.2. The van der Waals surface area contributed by atoms with Crippen LogP contribution in [0.25, 0.3) is 0 Å². The third-order valence-electron chi connectivity index (χ3n) is 2.23. The summed E-state index contributed by atoms with van der Waals surface area (Å²) in [5.74, 6) is 0.0493. The van der Waals surface area contributed by atoms with Gasteiger partial charge in [0.25, 0.3) is 5.91 Å². The molecule has 0 saturated heterocycles. The van der Waals surface area contributed by atoms with E-state index < -0.39 is 0 Å². The lowest BCUT2D eigenvalue weighted by atomic mass is 10.1. The Balaban J connectivity index is 2.84. The molecule has 1 amide bonds. The maximum absolute atomic E-state index is 11.6. The molecule has 0 aliphatic carbocycles. The first kappa shape index (κ1) is 11.3. The van der Waals surface area contributed by atoms with Gasteiger partial charge in [-0.3, -0.25) is 4.79 Å². The van der Waals surface area contributed by atoms with Gasteiger partial charge in [-0.05, 0) is 18.6 Å². The van der Waals surface area contributed by atoms with Crippen molar-refractivity contribution in [2.24, 2.45) is 0 Å². The lowest BCUT2D eigenvalue weighted by molar-refractivity contribution is -0.124. The highest BCUT2D eigenvalue weighted by Gasteiger charge is 2.14. The molecular formula is C12H16N2O. The third-order valence-corrected chi connectivity index (χ3v) is 2.23. The normalized spacial score (nSPS) is 19.6. The summed E-state index contributed by atoms with van der Waals surface area (Å²) >= 11 is 0. The second-order valence-corrected chi connectivity index (χ2v) is 3.27. The number of hydrogen-bond donors (Lipinski definition) is 1. The molecule has 3 heteroatoms. The molecule has 0 radical (unpaired) electrons. The number of rotatable bonds is 3. The summed E-state index contributed by atoms with van der Waals surface area (Å²) in [6, 6.07) is 0. The Hall–Kier alpha value is -1.77. The van der Waals surface area contributed by atoms with Crippen molar-refractivity contribution in [1.29, 1.82) is 0 Å². The van der Waals surface area contributed by atoms with Gasteiger partial charge in [0.05, 0.1) is 0 Å². The van der Waals surface area contributed by atoms with Crippen molar-refractivity contribution in [2.75, 3.05) is 14.1 Å². The maximum atomic E-state index is 11.6. The molecule has 1 rings (SSSR count). The number of allylic oxidation sites excluding steroid dienone is 4. The van der Waals surface area contributed by atoms with Gasteiger partial charge in [-0.25, -0.2) is 0 Å². The van der Waals surface area contributed by atoms with E-state index in [0.717, 1.165) is 11.3 Å². The van der Waals surface area contributed by atoms with E-state index in [1.165, 1.54) is 0 Å². The molecule has 0 spiro atoms. The van der Waals surface area contributed by atoms with Crippen molar-refractivity contribution >= 4 is 5.91 Å². The molecule has 0 aromatic rings. The summed E-state index contributed by atoms with van der Waals surface area (Å²) < 4.78 is 0. The molecule has 0 atom stereocenters. The van der Waals surface area contributed by atoms with Gasteiger partial charge in [0.15, 0.2) is 0 Å². The molecule has 0 aromatic carbocycles. The third kappa shape index (κ3) is 2.84. The van der Waals surface area contributed by atoms with Crippen LogP contribution in [0.15, 0.2) is 48.4 Å². The van der Waals surface area contributed by atoms with Gasteiger partial charge in [-0.2, -0.15) is 0 Å². The van der Waals surface area contributed by atoms with Crippen LogP contribution in [0, 0.1) is 0 Å². The van der Waals surface area contributed by atoms with Crippen molar-refractivity contribution in [3.63, 3.8) is 0 Å². The molecule has 1 heterocycles. The highest BCUT2D eigenvalue weighted by atomic mass is 16.2. The Morgan fingerprint density at radius 1 is 1.67 bits per heavy atom. The fourth-order valence-electron chi connectivity index (χ4n) is 1.30. The summed E-state index contributed by atoms with van der Waals surface area (Å²) in [6.45, 7) is 3.66. The summed E-state index contributed by atoms with van der Waals surface area (Å²) in [7, 11) is 3.57. The lowest BCUT2D eigenvalue weighted by Gasteiger charge is -2.17. The second-order valence-electron chi connectivity index (χ2n) is 3.27. The van der Waals surface area contributed by atoms with Crippen LogP contribution in [0.4, 0.5) is 0 Å². The van der Waals surface area contributed by atoms with E-state index in [1.54, 1.807) is 24.2 Å². The van der Waals surface area contributed by atoms with Crippen LogP contribution < -0.4 is 5.32 Å². The lowest BCUT2D eigenvalue weighted by Crippen LogP contribution is -2.25. The molecule has 80 valence electrons. The summed E-state index contributed by atoms with van der Waals surface area (Å²) in [5.41, 5.74) is 1.68. The monoisotopic (exact) mass is 204 g/mol. The molecule has 0 unspecified atom stereocenters. The van der Waals surface area contributed by atoms with Crippen LogP contribution in [-0.2, 0) is 4.79 Å². The van der Waals surface area contributed by atoms with Crippen LogP contribution in [-0.4, -0.2) is 24.9 Å². The van der Waals surface area contributed by atoms with Crippen LogP contribution in [0.1, 0.15) is 6.42 Å². The second kappa shape index (κ2) is 5.20. The molecule has 0 saturated carbocycles. The number of hydrogen-bond acceptors (Lipinski definition) is 2. The molecule has 1 aliphatic rings. The van der Waals surface area contributed by atoms with E-state index in [9.17, 15) is 4.79 Å². The number of amides is 1. The molecule has 15 heavy (non-hydrogen) atoms. The fourth-order valence-corrected chi connectivity index (χ4v) is 1.30. The van der Waals surface area contributed by atoms with Crippen molar-refractivity contribution < 1.29 is 4.79 Å². The van der Waals surface area contributed by atoms with E-state index in [2.05, 4.69) is 11.9 Å². The molecular weight excluding hydrogens is 188 g/mol. The quantitative estimate of drug-likeness (QED) is 0.559. The van der Waals surface area contributed by atoms with Crippen molar-refractivity contribution in [1.82, 2.24) is 10.2 Å². The number of carbonyl (C=O) groups excluding carboxylic acids is 1. The zero-order valence-corrected chi connectivity index (χ0v) is 9.16. The van der Waals surface area contributed by atoms with Gasteiger partial charge in [0.2, 0.25) is 0 Å². The van der Waals surface area contributed by atoms with E-state index in [-0.39, 0.29) is 5.91 Å². The van der Waals surface area contributed by atoms with Crippen LogP contribution >= 0.6 is 0 Å². The van der Waals surface area contributed by atoms with Gasteiger partial charge in [-0.15, -0.1) is 0 Å². The maximum Gasteiger partial charge on any atom is 0.253 e. The average Bonchev–Trinajstić information content (AvgIpc) is 2.25. The Morgan fingerprint density at radius 3 is 3.00 bits per heavy atom. The van der Waals surface area contributed by atoms with Crippen LogP contribution in [0.5, 0.6) is 0 Å². The van der Waals surface area contributed by atoms with E-state index >= 15 is 0 Å². The van der Waals surface area contributed by atoms with E-state index in [0.29, 0.717) is 6.42 Å². The topological polar surface area (TPSA) is 32.3 Å². The predicted octanol–water partition coefficient (Wildman–Crippen LogP) is 1.58. The fraction of sp³-hybridized carbons (Fsp3) is 0.250. The van der Waals surface area contributed by atoms with Crippen LogP contribution in [0.2, 0.25) is 0 Å². The van der Waals surface area contributed by atoms with Crippen molar-refractivity contribution in [3.05, 3.63) is 48.4 Å². The summed E-state index contributed by atoms with van der Waals surface area (Å²) in [5, 5.41) is 2.97. The molecule has 1 aliphatic heterocycles. The van der Waals surface area contributed by atoms with Gasteiger partial charge in [0.1, 0.15) is 0 Å². The number of likely N-dealkylation sites (N-methyl/N-ethyl adjacent to an activating group) is 2. The van der Waals surface area contributed by atoms with Crippen LogP contribution in [0.3, 0.4) is 0 Å². The minimum Gasteiger partial charge on any atom is -0.388 e. The smallest absolute Gasteiger partial charge is 0.253 e. The minimum atomic E-state index is 0.0493. The first-order valence-corrected chi connectivity index (χ1v) is 4.84. The Kier molecular flexibility index (Phi) is 3.92. The average molecular weight is 204 g/mol. The van der Waals surface area contributed by atoms with Gasteiger partial charge in [0, 0.05) is 31.6 Å². The summed E-state index contributed by atoms with van der Waals surface area (Å²) in [6.07, 6.45) is 9.84. The minimum absolute atomic E-state index is 0.0493. The zero-order valence-electron chi connectivity index (χ0n) is 9.16. The predicted molar refractivity (Wildman–Crippen MR) is 61.9 cm³/mol. The van der Waals surface area contributed by atoms with Crippen molar-refractivity contribution in [3.8, 4) is 0 Å². The molecule has 0 fully saturated rings. The number of carbonyl (C=O) groups is 1. The molecule has 0 aromatic heterocycles. The molecule has 0 bridgehead atoms. The van der Waals surface area contributed by atoms with Gasteiger partial charge in [-0.1, -0.05) is 18.7 Å². The molecule has 3 nitrogen and oxygen atoms in total.